The summed E-state index contributed by atoms with van der Waals surface area (Å²) in [6.07, 6.45) is 3.25. The number of halogens is 1. The van der Waals surface area contributed by atoms with Crippen LogP contribution in [-0.2, 0) is 23.6 Å². The molecule has 0 aliphatic carbocycles. The Morgan fingerprint density at radius 3 is 2.79 bits per heavy atom. The van der Waals surface area contributed by atoms with Gasteiger partial charge in [-0.25, -0.2) is 17.5 Å². The number of nitrogens with two attached hydrogens (primary N) is 1. The molecule has 0 aliphatic heterocycles. The summed E-state index contributed by atoms with van der Waals surface area (Å²) >= 11 is 0. The monoisotopic (exact) mass is 284 g/mol. The van der Waals surface area contributed by atoms with Crippen molar-refractivity contribution in [2.24, 2.45) is 7.05 Å². The van der Waals surface area contributed by atoms with Crippen molar-refractivity contribution in [3.8, 4) is 0 Å². The summed E-state index contributed by atoms with van der Waals surface area (Å²) in [5.41, 5.74) is 5.87. The van der Waals surface area contributed by atoms with Crippen molar-refractivity contribution in [3.05, 3.63) is 42.0 Å². The number of hydrogen-bond donors (Lipinski definition) is 2. The van der Waals surface area contributed by atoms with Gasteiger partial charge in [0.25, 0.3) is 0 Å². The fourth-order valence-corrected chi connectivity index (χ4v) is 2.57. The molecule has 0 radical (unpaired) electrons. The molecule has 0 bridgehead atoms. The van der Waals surface area contributed by atoms with Gasteiger partial charge in [0, 0.05) is 25.4 Å². The molecule has 0 saturated carbocycles. The van der Waals surface area contributed by atoms with Crippen LogP contribution in [0.3, 0.4) is 0 Å². The summed E-state index contributed by atoms with van der Waals surface area (Å²) in [5.74, 6) is -0.647. The van der Waals surface area contributed by atoms with Crippen molar-refractivity contribution < 1.29 is 12.8 Å². The van der Waals surface area contributed by atoms with E-state index in [1.54, 1.807) is 24.1 Å². The van der Waals surface area contributed by atoms with E-state index in [4.69, 9.17) is 5.73 Å². The van der Waals surface area contributed by atoms with Gasteiger partial charge in [-0.3, -0.25) is 4.68 Å². The van der Waals surface area contributed by atoms with Crippen molar-refractivity contribution in [1.29, 1.82) is 0 Å². The maximum atomic E-state index is 13.0. The summed E-state index contributed by atoms with van der Waals surface area (Å²) in [6.45, 7) is 0.105. The second kappa shape index (κ2) is 4.98. The Hall–Kier alpha value is -1.93. The van der Waals surface area contributed by atoms with Gasteiger partial charge in [-0.2, -0.15) is 5.10 Å². The largest absolute Gasteiger partial charge is 0.396 e. The third-order valence-electron chi connectivity index (χ3n) is 2.50. The molecule has 2 rings (SSSR count). The number of anilines is 1. The Balaban J connectivity index is 2.16. The van der Waals surface area contributed by atoms with Crippen LogP contribution in [0.15, 0.2) is 35.5 Å². The highest BCUT2D eigenvalue weighted by atomic mass is 32.2. The number of nitrogens with zero attached hydrogens (tertiary/aromatic N) is 2. The summed E-state index contributed by atoms with van der Waals surface area (Å²) in [4.78, 5) is -0.0738. The van der Waals surface area contributed by atoms with Gasteiger partial charge in [-0.1, -0.05) is 0 Å². The molecule has 0 unspecified atom stereocenters. The fraction of sp³-hybridized carbons (Fsp3) is 0.182. The second-order valence-corrected chi connectivity index (χ2v) is 5.80. The smallest absolute Gasteiger partial charge is 0.240 e. The normalized spacial score (nSPS) is 11.7. The molecule has 0 spiro atoms. The molecule has 2 aromatic rings. The van der Waals surface area contributed by atoms with Crippen molar-refractivity contribution in [2.45, 2.75) is 11.4 Å². The first-order valence-electron chi connectivity index (χ1n) is 5.41. The molecule has 0 amide bonds. The number of nitrogens with one attached hydrogen (secondary N) is 1. The molecule has 102 valence electrons. The average molecular weight is 284 g/mol. The van der Waals surface area contributed by atoms with E-state index < -0.39 is 15.8 Å². The van der Waals surface area contributed by atoms with Crippen molar-refractivity contribution in [2.75, 3.05) is 5.73 Å². The van der Waals surface area contributed by atoms with Crippen LogP contribution >= 0.6 is 0 Å². The zero-order chi connectivity index (χ0) is 14.0. The molecular weight excluding hydrogens is 271 g/mol. The lowest BCUT2D eigenvalue weighted by molar-refractivity contribution is 0.580. The summed E-state index contributed by atoms with van der Waals surface area (Å²) in [6, 6.07) is 3.27. The van der Waals surface area contributed by atoms with E-state index >= 15 is 0 Å². The number of rotatable bonds is 4. The Labute approximate surface area is 110 Å². The third-order valence-corrected chi connectivity index (χ3v) is 3.90. The van der Waals surface area contributed by atoms with Crippen LogP contribution in [0, 0.1) is 5.82 Å². The molecule has 8 heteroatoms. The van der Waals surface area contributed by atoms with Crippen LogP contribution in [0.1, 0.15) is 5.56 Å². The van der Waals surface area contributed by atoms with Crippen molar-refractivity contribution in [1.82, 2.24) is 14.5 Å². The highest BCUT2D eigenvalue weighted by Gasteiger charge is 2.15. The van der Waals surface area contributed by atoms with Gasteiger partial charge in [0.1, 0.15) is 5.82 Å². The Morgan fingerprint density at radius 1 is 1.47 bits per heavy atom. The highest BCUT2D eigenvalue weighted by molar-refractivity contribution is 7.89. The number of benzene rings is 1. The van der Waals surface area contributed by atoms with E-state index in [2.05, 4.69) is 9.82 Å². The standard InChI is InChI=1S/C11H13FN4O2S/c1-16-7-8(5-14-16)6-15-19(17,18)9-2-3-10(12)11(13)4-9/h2-5,7,15H,6,13H2,1H3. The first kappa shape index (κ1) is 13.5. The first-order valence-corrected chi connectivity index (χ1v) is 6.89. The molecule has 0 fully saturated rings. The lowest BCUT2D eigenvalue weighted by atomic mass is 10.3. The van der Waals surface area contributed by atoms with Crippen LogP contribution in [0.5, 0.6) is 0 Å². The minimum atomic E-state index is -3.72. The first-order chi connectivity index (χ1) is 8.88. The van der Waals surface area contributed by atoms with Crippen LogP contribution in [-0.4, -0.2) is 18.2 Å². The Morgan fingerprint density at radius 2 is 2.21 bits per heavy atom. The molecule has 3 N–H and O–H groups in total. The van der Waals surface area contributed by atoms with E-state index in [9.17, 15) is 12.8 Å². The molecule has 6 nitrogen and oxygen atoms in total. The maximum absolute atomic E-state index is 13.0. The van der Waals surface area contributed by atoms with E-state index in [-0.39, 0.29) is 17.1 Å². The molecular formula is C11H13FN4O2S. The van der Waals surface area contributed by atoms with Crippen molar-refractivity contribution >= 4 is 15.7 Å². The van der Waals surface area contributed by atoms with Gasteiger partial charge in [-0.05, 0) is 18.2 Å². The van der Waals surface area contributed by atoms with Crippen LogP contribution in [0.4, 0.5) is 10.1 Å². The van der Waals surface area contributed by atoms with Crippen molar-refractivity contribution in [3.63, 3.8) is 0 Å². The summed E-state index contributed by atoms with van der Waals surface area (Å²) in [7, 11) is -1.99. The van der Waals surface area contributed by atoms with Gasteiger partial charge in [-0.15, -0.1) is 0 Å². The molecule has 1 heterocycles. The number of nitrogen functional groups attached to an aromatic ring is 1. The number of sulfonamides is 1. The van der Waals surface area contributed by atoms with Gasteiger partial charge in [0.2, 0.25) is 10.0 Å². The SMILES string of the molecule is Cn1cc(CNS(=O)(=O)c2ccc(F)c(N)c2)cn1. The van der Waals surface area contributed by atoms with Gasteiger partial charge >= 0.3 is 0 Å². The maximum Gasteiger partial charge on any atom is 0.240 e. The van der Waals surface area contributed by atoms with E-state index in [1.807, 2.05) is 0 Å². The predicted octanol–water partition coefficient (Wildman–Crippen LogP) is 0.620. The Kier molecular flexibility index (Phi) is 3.54. The molecule has 0 atom stereocenters. The third kappa shape index (κ3) is 3.09. The summed E-state index contributed by atoms with van der Waals surface area (Å²) < 4.78 is 40.9. The minimum absolute atomic E-state index is 0.0738. The molecule has 19 heavy (non-hydrogen) atoms. The van der Waals surface area contributed by atoms with E-state index in [0.29, 0.717) is 0 Å². The lowest BCUT2D eigenvalue weighted by Crippen LogP contribution is -2.23. The number of aryl methyl sites for hydroxylation is 1. The van der Waals surface area contributed by atoms with Crippen LogP contribution in [0.2, 0.25) is 0 Å². The number of hydrogen-bond acceptors (Lipinski definition) is 4. The van der Waals surface area contributed by atoms with Crippen LogP contribution < -0.4 is 10.5 Å². The van der Waals surface area contributed by atoms with E-state index in [1.165, 1.54) is 0 Å². The minimum Gasteiger partial charge on any atom is -0.396 e. The molecule has 0 saturated heterocycles. The van der Waals surface area contributed by atoms with Gasteiger partial charge < -0.3 is 5.73 Å². The predicted molar refractivity (Wildman–Crippen MR) is 68.0 cm³/mol. The highest BCUT2D eigenvalue weighted by Crippen LogP contribution is 2.16. The summed E-state index contributed by atoms with van der Waals surface area (Å²) in [5, 5.41) is 3.93. The second-order valence-electron chi connectivity index (χ2n) is 4.03. The lowest BCUT2D eigenvalue weighted by Gasteiger charge is -2.06. The molecule has 1 aromatic heterocycles. The average Bonchev–Trinajstić information content (AvgIpc) is 2.76. The zero-order valence-electron chi connectivity index (χ0n) is 10.2. The van der Waals surface area contributed by atoms with Gasteiger partial charge in [0.05, 0.1) is 16.8 Å². The zero-order valence-corrected chi connectivity index (χ0v) is 11.0. The van der Waals surface area contributed by atoms with Gasteiger partial charge in [0.15, 0.2) is 0 Å². The number of aromatic nitrogens is 2. The molecule has 1 aromatic carbocycles. The Bertz CT molecular complexity index is 696. The topological polar surface area (TPSA) is 90.0 Å². The van der Waals surface area contributed by atoms with E-state index in [0.717, 1.165) is 23.8 Å². The quantitative estimate of drug-likeness (QED) is 0.805. The fourth-order valence-electron chi connectivity index (χ4n) is 1.51. The van der Waals surface area contributed by atoms with Crippen LogP contribution in [0.25, 0.3) is 0 Å². The molecule has 0 aliphatic rings.